The molecule has 1 atom stereocenters. The van der Waals surface area contributed by atoms with Gasteiger partial charge in [0.2, 0.25) is 0 Å². The number of hydrogen-bond acceptors (Lipinski definition) is 2. The van der Waals surface area contributed by atoms with Crippen LogP contribution < -0.4 is 4.74 Å². The van der Waals surface area contributed by atoms with Crippen LogP contribution in [-0.2, 0) is 0 Å². The predicted octanol–water partition coefficient (Wildman–Crippen LogP) is 2.62. The minimum Gasteiger partial charge on any atom is -0.492 e. The summed E-state index contributed by atoms with van der Waals surface area (Å²) >= 11 is 5.78. The van der Waals surface area contributed by atoms with Gasteiger partial charge in [0.1, 0.15) is 10.9 Å². The zero-order valence-electron chi connectivity index (χ0n) is 6.88. The van der Waals surface area contributed by atoms with Crippen molar-refractivity contribution in [2.24, 2.45) is 0 Å². The van der Waals surface area contributed by atoms with Crippen LogP contribution in [0.2, 0.25) is 5.15 Å². The highest BCUT2D eigenvalue weighted by Gasteiger charge is 2.18. The second-order valence-corrected chi connectivity index (χ2v) is 3.44. The van der Waals surface area contributed by atoms with Gasteiger partial charge in [0.05, 0.1) is 12.3 Å². The Morgan fingerprint density at radius 1 is 1.58 bits per heavy atom. The molecule has 0 N–H and O–H groups in total. The Morgan fingerprint density at radius 2 is 2.42 bits per heavy atom. The summed E-state index contributed by atoms with van der Waals surface area (Å²) in [5.41, 5.74) is 0.994. The van der Waals surface area contributed by atoms with Gasteiger partial charge in [-0.15, -0.1) is 0 Å². The molecule has 64 valence electrons. The van der Waals surface area contributed by atoms with Crippen molar-refractivity contribution in [3.05, 3.63) is 23.0 Å². The standard InChI is InChI=1S/C9H10ClNO/c1-6-4-5-12-7-2-3-8(10)11-9(6)7/h2-3,6H,4-5H2,1H3. The summed E-state index contributed by atoms with van der Waals surface area (Å²) in [5.74, 6) is 1.35. The molecule has 2 heterocycles. The summed E-state index contributed by atoms with van der Waals surface area (Å²) in [7, 11) is 0. The van der Waals surface area contributed by atoms with Gasteiger partial charge in [-0.3, -0.25) is 0 Å². The number of ether oxygens (including phenoxy) is 1. The van der Waals surface area contributed by atoms with Gasteiger partial charge in [-0.25, -0.2) is 4.98 Å². The van der Waals surface area contributed by atoms with E-state index in [4.69, 9.17) is 16.3 Å². The van der Waals surface area contributed by atoms with Crippen LogP contribution in [0.5, 0.6) is 5.75 Å². The van der Waals surface area contributed by atoms with Gasteiger partial charge in [0.15, 0.2) is 0 Å². The van der Waals surface area contributed by atoms with Gasteiger partial charge in [-0.1, -0.05) is 18.5 Å². The van der Waals surface area contributed by atoms with Crippen molar-refractivity contribution in [1.82, 2.24) is 4.98 Å². The third-order valence-corrected chi connectivity index (χ3v) is 2.34. The highest BCUT2D eigenvalue weighted by atomic mass is 35.5. The fourth-order valence-electron chi connectivity index (χ4n) is 1.39. The minimum absolute atomic E-state index is 0.465. The third-order valence-electron chi connectivity index (χ3n) is 2.13. The van der Waals surface area contributed by atoms with E-state index in [1.165, 1.54) is 0 Å². The molecule has 0 bridgehead atoms. The molecule has 1 unspecified atom stereocenters. The zero-order chi connectivity index (χ0) is 8.55. The Morgan fingerprint density at radius 3 is 3.25 bits per heavy atom. The van der Waals surface area contributed by atoms with Crippen LogP contribution in [-0.4, -0.2) is 11.6 Å². The third kappa shape index (κ3) is 1.27. The van der Waals surface area contributed by atoms with Crippen molar-refractivity contribution < 1.29 is 4.74 Å². The average Bonchev–Trinajstić information content (AvgIpc) is 2.07. The van der Waals surface area contributed by atoms with E-state index in [9.17, 15) is 0 Å². The summed E-state index contributed by atoms with van der Waals surface area (Å²) < 4.78 is 5.43. The first kappa shape index (κ1) is 7.87. The first-order chi connectivity index (χ1) is 5.77. The molecule has 12 heavy (non-hydrogen) atoms. The maximum atomic E-state index is 5.78. The van der Waals surface area contributed by atoms with Crippen molar-refractivity contribution in [1.29, 1.82) is 0 Å². The second kappa shape index (κ2) is 2.94. The van der Waals surface area contributed by atoms with Crippen LogP contribution in [0.3, 0.4) is 0 Å². The smallest absolute Gasteiger partial charge is 0.141 e. The van der Waals surface area contributed by atoms with Gasteiger partial charge in [-0.2, -0.15) is 0 Å². The molecule has 2 rings (SSSR count). The molecule has 1 aromatic heterocycles. The molecule has 0 aromatic carbocycles. The topological polar surface area (TPSA) is 22.1 Å². The average molecular weight is 184 g/mol. The van der Waals surface area contributed by atoms with Gasteiger partial charge < -0.3 is 4.74 Å². The number of aromatic nitrogens is 1. The number of nitrogens with zero attached hydrogens (tertiary/aromatic N) is 1. The Bertz CT molecular complexity index is 301. The Hall–Kier alpha value is -0.760. The number of hydrogen-bond donors (Lipinski definition) is 0. The number of rotatable bonds is 0. The molecular weight excluding hydrogens is 174 g/mol. The highest BCUT2D eigenvalue weighted by Crippen LogP contribution is 2.32. The SMILES string of the molecule is CC1CCOc2ccc(Cl)nc21. The van der Waals surface area contributed by atoms with E-state index >= 15 is 0 Å². The van der Waals surface area contributed by atoms with Crippen LogP contribution >= 0.6 is 11.6 Å². The van der Waals surface area contributed by atoms with Crippen LogP contribution in [0, 0.1) is 0 Å². The van der Waals surface area contributed by atoms with Gasteiger partial charge in [0, 0.05) is 5.92 Å². The van der Waals surface area contributed by atoms with Crippen molar-refractivity contribution >= 4 is 11.6 Å². The van der Waals surface area contributed by atoms with Crippen molar-refractivity contribution in [3.8, 4) is 5.75 Å². The molecular formula is C9H10ClNO. The summed E-state index contributed by atoms with van der Waals surface area (Å²) in [6.45, 7) is 2.93. The van der Waals surface area contributed by atoms with E-state index in [0.717, 1.165) is 24.5 Å². The van der Waals surface area contributed by atoms with Crippen LogP contribution in [0.25, 0.3) is 0 Å². The molecule has 3 heteroatoms. The highest BCUT2D eigenvalue weighted by molar-refractivity contribution is 6.29. The lowest BCUT2D eigenvalue weighted by molar-refractivity contribution is 0.268. The van der Waals surface area contributed by atoms with Gasteiger partial charge in [0.25, 0.3) is 0 Å². The van der Waals surface area contributed by atoms with E-state index in [1.807, 2.05) is 6.07 Å². The lowest BCUT2D eigenvalue weighted by atomic mass is 10.0. The normalized spacial score (nSPS) is 21.3. The molecule has 0 spiro atoms. The molecule has 0 fully saturated rings. The molecule has 0 saturated carbocycles. The Kier molecular flexibility index (Phi) is 1.93. The lowest BCUT2D eigenvalue weighted by Gasteiger charge is -2.21. The summed E-state index contributed by atoms with van der Waals surface area (Å²) in [6.07, 6.45) is 1.03. The Balaban J connectivity index is 2.47. The summed E-state index contributed by atoms with van der Waals surface area (Å²) in [5, 5.41) is 0.547. The summed E-state index contributed by atoms with van der Waals surface area (Å²) in [6, 6.07) is 3.65. The largest absolute Gasteiger partial charge is 0.492 e. The van der Waals surface area contributed by atoms with E-state index in [2.05, 4.69) is 11.9 Å². The lowest BCUT2D eigenvalue weighted by Crippen LogP contribution is -2.13. The first-order valence-electron chi connectivity index (χ1n) is 4.06. The van der Waals surface area contributed by atoms with Crippen molar-refractivity contribution in [3.63, 3.8) is 0 Å². The number of pyridine rings is 1. The predicted molar refractivity (Wildman–Crippen MR) is 47.8 cm³/mol. The Labute approximate surface area is 76.5 Å². The van der Waals surface area contributed by atoms with Crippen LogP contribution in [0.1, 0.15) is 25.0 Å². The number of halogens is 1. The minimum atomic E-state index is 0.465. The molecule has 0 aliphatic carbocycles. The maximum absolute atomic E-state index is 5.78. The van der Waals surface area contributed by atoms with E-state index < -0.39 is 0 Å². The zero-order valence-corrected chi connectivity index (χ0v) is 7.64. The van der Waals surface area contributed by atoms with Crippen molar-refractivity contribution in [2.75, 3.05) is 6.61 Å². The summed E-state index contributed by atoms with van der Waals surface area (Å²) in [4.78, 5) is 4.24. The van der Waals surface area contributed by atoms with Gasteiger partial charge >= 0.3 is 0 Å². The first-order valence-corrected chi connectivity index (χ1v) is 4.44. The second-order valence-electron chi connectivity index (χ2n) is 3.06. The van der Waals surface area contributed by atoms with Crippen molar-refractivity contribution in [2.45, 2.75) is 19.3 Å². The van der Waals surface area contributed by atoms with E-state index in [0.29, 0.717) is 11.1 Å². The molecule has 1 aliphatic heterocycles. The molecule has 1 aromatic rings. The van der Waals surface area contributed by atoms with E-state index in [1.54, 1.807) is 6.07 Å². The molecule has 0 saturated heterocycles. The molecule has 2 nitrogen and oxygen atoms in total. The fraction of sp³-hybridized carbons (Fsp3) is 0.444. The molecule has 0 radical (unpaired) electrons. The van der Waals surface area contributed by atoms with Crippen LogP contribution in [0.15, 0.2) is 12.1 Å². The number of fused-ring (bicyclic) bond motifs is 1. The molecule has 1 aliphatic rings. The quantitative estimate of drug-likeness (QED) is 0.577. The monoisotopic (exact) mass is 183 g/mol. The van der Waals surface area contributed by atoms with E-state index in [-0.39, 0.29) is 0 Å². The van der Waals surface area contributed by atoms with Gasteiger partial charge in [-0.05, 0) is 18.6 Å². The van der Waals surface area contributed by atoms with Crippen LogP contribution in [0.4, 0.5) is 0 Å². The molecule has 0 amide bonds. The fourth-order valence-corrected chi connectivity index (χ4v) is 1.55. The maximum Gasteiger partial charge on any atom is 0.141 e.